The van der Waals surface area contributed by atoms with Gasteiger partial charge >= 0.3 is 0 Å². The van der Waals surface area contributed by atoms with Gasteiger partial charge in [-0.3, -0.25) is 0 Å². The summed E-state index contributed by atoms with van der Waals surface area (Å²) < 4.78 is 79.8. The fraction of sp³-hybridized carbons (Fsp3) is 0.174. The van der Waals surface area contributed by atoms with Gasteiger partial charge in [-0.1, -0.05) is 36.4 Å². The van der Waals surface area contributed by atoms with Crippen LogP contribution < -0.4 is 14.2 Å². The number of rotatable bonds is 10. The molecule has 0 spiro atoms. The van der Waals surface area contributed by atoms with Crippen molar-refractivity contribution in [3.05, 3.63) is 89.5 Å². The zero-order valence-electron chi connectivity index (χ0n) is 19.6. The minimum absolute atomic E-state index is 0.0144. The molecule has 3 aromatic rings. The summed E-state index contributed by atoms with van der Waals surface area (Å²) in [7, 11) is -7.36. The third-order valence-electron chi connectivity index (χ3n) is 5.84. The van der Waals surface area contributed by atoms with Crippen molar-refractivity contribution in [3.8, 4) is 0 Å². The summed E-state index contributed by atoms with van der Waals surface area (Å²) in [5, 5.41) is 0. The Morgan fingerprint density at radius 1 is 0.500 bits per heavy atom. The lowest BCUT2D eigenvalue weighted by molar-refractivity contribution is -0.110. The van der Waals surface area contributed by atoms with Gasteiger partial charge in [0.05, 0.1) is 14.7 Å². The Morgan fingerprint density at radius 2 is 0.722 bits per heavy atom. The predicted molar refractivity (Wildman–Crippen MR) is 134 cm³/mol. The average molecular weight is 552 g/mol. The average Bonchev–Trinajstić information content (AvgIpc) is 2.90. The van der Waals surface area contributed by atoms with Gasteiger partial charge in [-0.05, 0) is 74.2 Å². The third kappa shape index (κ3) is 4.98. The van der Waals surface area contributed by atoms with E-state index in [-0.39, 0.29) is 14.7 Å². The summed E-state index contributed by atoms with van der Waals surface area (Å²) in [4.78, 5) is 12.8. The molecule has 0 atom stereocenters. The zero-order chi connectivity index (χ0) is 26.8. The van der Waals surface area contributed by atoms with E-state index in [4.69, 9.17) is 0 Å². The second-order valence-corrected chi connectivity index (χ2v) is 13.3. The quantitative estimate of drug-likeness (QED) is 0.250. The number of benzene rings is 3. The highest BCUT2D eigenvalue weighted by Crippen LogP contribution is 2.38. The van der Waals surface area contributed by atoms with Crippen molar-refractivity contribution in [1.82, 2.24) is 14.2 Å². The van der Waals surface area contributed by atoms with Gasteiger partial charge in [0.1, 0.15) is 11.7 Å². The lowest BCUT2D eigenvalue weighted by Crippen LogP contribution is -2.32. The zero-order valence-corrected chi connectivity index (χ0v) is 22.0. The minimum Gasteiger partial charge on any atom is -0.302 e. The molecule has 0 unspecified atom stereocenters. The Balaban J connectivity index is 2.28. The Morgan fingerprint density at radius 3 is 0.889 bits per heavy atom. The van der Waals surface area contributed by atoms with Gasteiger partial charge < -0.3 is 4.79 Å². The molecule has 13 heteroatoms. The summed E-state index contributed by atoms with van der Waals surface area (Å²) in [5.74, 6) is 0. The van der Waals surface area contributed by atoms with Crippen LogP contribution in [-0.4, -0.2) is 52.7 Å². The first-order valence-corrected chi connectivity index (χ1v) is 14.9. The molecule has 0 fully saturated rings. The van der Waals surface area contributed by atoms with Crippen molar-refractivity contribution in [3.63, 3.8) is 0 Å². The van der Waals surface area contributed by atoms with E-state index >= 15 is 0 Å². The molecule has 3 rings (SSSR count). The fourth-order valence-corrected chi connectivity index (χ4v) is 5.94. The molecule has 0 aromatic heterocycles. The van der Waals surface area contributed by atoms with Crippen molar-refractivity contribution in [2.45, 2.75) is 20.1 Å². The highest BCUT2D eigenvalue weighted by molar-refractivity contribution is 7.90. The molecule has 0 radical (unpaired) electrons. The second-order valence-electron chi connectivity index (χ2n) is 7.62. The van der Waals surface area contributed by atoms with Crippen LogP contribution in [0.15, 0.2) is 87.5 Å². The number of nitrogens with one attached hydrogen (secondary N) is 3. The number of hydrogen-bond acceptors (Lipinski definition) is 7. The van der Waals surface area contributed by atoms with E-state index in [1.807, 2.05) is 0 Å². The molecule has 0 saturated carbocycles. The van der Waals surface area contributed by atoms with Crippen LogP contribution in [0.25, 0.3) is 0 Å². The van der Waals surface area contributed by atoms with Crippen LogP contribution in [0.3, 0.4) is 0 Å². The lowest BCUT2D eigenvalue weighted by atomic mass is 9.70. The summed E-state index contributed by atoms with van der Waals surface area (Å²) in [5.41, 5.74) is -0.339. The standard InChI is InChI=1S/C23H25N3O7S3/c1-24-34(28,29)20-10-4-17(5-11-20)23(16-27,18-6-12-21(13-7-18)35(30,31)25-2)19-8-14-22(15-9-19)36(32,33)26-3/h4-16,24-26H,1-3H3. The van der Waals surface area contributed by atoms with Crippen LogP contribution in [0.2, 0.25) is 0 Å². The predicted octanol–water partition coefficient (Wildman–Crippen LogP) is 0.944. The summed E-state index contributed by atoms with van der Waals surface area (Å²) in [6, 6.07) is 17.0. The molecule has 0 saturated heterocycles. The molecule has 3 N–H and O–H groups in total. The topological polar surface area (TPSA) is 156 Å². The Labute approximate surface area is 210 Å². The minimum atomic E-state index is -3.73. The van der Waals surface area contributed by atoms with Crippen LogP contribution in [0.5, 0.6) is 0 Å². The van der Waals surface area contributed by atoms with Crippen molar-refractivity contribution in [2.24, 2.45) is 0 Å². The summed E-state index contributed by atoms with van der Waals surface area (Å²) in [6.07, 6.45) is 0.651. The van der Waals surface area contributed by atoms with Gasteiger partial charge in [0.15, 0.2) is 0 Å². The van der Waals surface area contributed by atoms with Crippen LogP contribution in [0.1, 0.15) is 16.7 Å². The first-order valence-electron chi connectivity index (χ1n) is 10.5. The van der Waals surface area contributed by atoms with Crippen molar-refractivity contribution < 1.29 is 30.0 Å². The molecule has 0 aliphatic heterocycles. The maximum absolute atomic E-state index is 12.9. The number of aldehydes is 1. The Bertz CT molecular complexity index is 1380. The highest BCUT2D eigenvalue weighted by atomic mass is 32.2. The number of carbonyl (C=O) groups is 1. The molecule has 3 aromatic carbocycles. The largest absolute Gasteiger partial charge is 0.302 e. The molecule has 0 amide bonds. The van der Waals surface area contributed by atoms with Gasteiger partial charge in [-0.25, -0.2) is 39.4 Å². The number of hydrogen-bond donors (Lipinski definition) is 3. The summed E-state index contributed by atoms with van der Waals surface area (Å²) in [6.45, 7) is 0. The van der Waals surface area contributed by atoms with E-state index in [0.29, 0.717) is 23.0 Å². The monoisotopic (exact) mass is 551 g/mol. The van der Waals surface area contributed by atoms with Gasteiger partial charge in [-0.15, -0.1) is 0 Å². The summed E-state index contributed by atoms with van der Waals surface area (Å²) >= 11 is 0. The van der Waals surface area contributed by atoms with Gasteiger partial charge in [0.25, 0.3) is 0 Å². The van der Waals surface area contributed by atoms with E-state index in [9.17, 15) is 30.0 Å². The van der Waals surface area contributed by atoms with Crippen LogP contribution in [0.4, 0.5) is 0 Å². The molecular formula is C23H25N3O7S3. The SMILES string of the molecule is CNS(=O)(=O)c1ccc(C(C=O)(c2ccc(S(=O)(=O)NC)cc2)c2ccc(S(=O)(=O)NC)cc2)cc1. The highest BCUT2D eigenvalue weighted by Gasteiger charge is 2.37. The fourth-order valence-electron chi connectivity index (χ4n) is 3.75. The van der Waals surface area contributed by atoms with Crippen molar-refractivity contribution >= 4 is 36.4 Å². The normalized spacial score (nSPS) is 12.9. The second kappa shape index (κ2) is 10.2. The van der Waals surface area contributed by atoms with Crippen LogP contribution >= 0.6 is 0 Å². The van der Waals surface area contributed by atoms with Crippen molar-refractivity contribution in [2.75, 3.05) is 21.1 Å². The molecule has 0 bridgehead atoms. The van der Waals surface area contributed by atoms with Gasteiger partial charge in [-0.2, -0.15) is 0 Å². The van der Waals surface area contributed by atoms with E-state index < -0.39 is 35.5 Å². The molecule has 36 heavy (non-hydrogen) atoms. The van der Waals surface area contributed by atoms with Crippen molar-refractivity contribution in [1.29, 1.82) is 0 Å². The van der Waals surface area contributed by atoms with E-state index in [0.717, 1.165) is 0 Å². The Kier molecular flexibility index (Phi) is 7.83. The van der Waals surface area contributed by atoms with Crippen LogP contribution in [0, 0.1) is 0 Å². The van der Waals surface area contributed by atoms with E-state index in [1.54, 1.807) is 0 Å². The maximum atomic E-state index is 12.9. The molecule has 0 aliphatic rings. The lowest BCUT2D eigenvalue weighted by Gasteiger charge is -2.30. The smallest absolute Gasteiger partial charge is 0.240 e. The van der Waals surface area contributed by atoms with E-state index in [2.05, 4.69) is 14.2 Å². The molecule has 0 aliphatic carbocycles. The third-order valence-corrected chi connectivity index (χ3v) is 10.1. The molecule has 0 heterocycles. The first-order chi connectivity index (χ1) is 16.9. The number of carbonyl (C=O) groups excluding carboxylic acids is 1. The van der Waals surface area contributed by atoms with Crippen LogP contribution in [-0.2, 0) is 40.3 Å². The molecular weight excluding hydrogens is 526 g/mol. The Hall–Kier alpha value is -2.94. The van der Waals surface area contributed by atoms with Gasteiger partial charge in [0, 0.05) is 0 Å². The first kappa shape index (κ1) is 27.6. The van der Waals surface area contributed by atoms with Gasteiger partial charge in [0.2, 0.25) is 30.1 Å². The maximum Gasteiger partial charge on any atom is 0.240 e. The van der Waals surface area contributed by atoms with E-state index in [1.165, 1.54) is 93.9 Å². The molecule has 192 valence electrons. The molecule has 10 nitrogen and oxygen atoms in total. The number of sulfonamides is 3.